The quantitative estimate of drug-likeness (QED) is 0.645. The van der Waals surface area contributed by atoms with Crippen LogP contribution in [-0.2, 0) is 6.42 Å². The molecule has 0 N–H and O–H groups in total. The van der Waals surface area contributed by atoms with Gasteiger partial charge in [-0.3, -0.25) is 0 Å². The molecule has 1 aromatic rings. The van der Waals surface area contributed by atoms with E-state index in [1.165, 1.54) is 11.3 Å². The van der Waals surface area contributed by atoms with Crippen LogP contribution in [0.5, 0.6) is 0 Å². The fourth-order valence-electron chi connectivity index (χ4n) is 1.14. The van der Waals surface area contributed by atoms with E-state index in [2.05, 4.69) is 30.7 Å². The molecule has 0 radical (unpaired) electrons. The van der Waals surface area contributed by atoms with Crippen molar-refractivity contribution in [2.75, 3.05) is 0 Å². The molecule has 0 bridgehead atoms. The summed E-state index contributed by atoms with van der Waals surface area (Å²) in [6.07, 6.45) is 4.53. The van der Waals surface area contributed by atoms with Gasteiger partial charge in [0.1, 0.15) is 6.33 Å². The Kier molecular flexibility index (Phi) is 2.58. The fourth-order valence-corrected chi connectivity index (χ4v) is 1.14. The highest BCUT2D eigenvalue weighted by molar-refractivity contribution is 5.19. The predicted molar refractivity (Wildman–Crippen MR) is 45.5 cm³/mol. The Morgan fingerprint density at radius 1 is 1.45 bits per heavy atom. The van der Waals surface area contributed by atoms with Gasteiger partial charge in [-0.2, -0.15) is 0 Å². The van der Waals surface area contributed by atoms with Crippen molar-refractivity contribution in [2.45, 2.75) is 33.1 Å². The summed E-state index contributed by atoms with van der Waals surface area (Å²) >= 11 is 0. The van der Waals surface area contributed by atoms with Crippen LogP contribution in [-0.4, -0.2) is 9.97 Å². The number of nitrogens with zero attached hydrogens (tertiary/aromatic N) is 2. The molecular formula is C9H14N2. The van der Waals surface area contributed by atoms with E-state index in [9.17, 15) is 0 Å². The van der Waals surface area contributed by atoms with Crippen LogP contribution in [0.1, 0.15) is 37.9 Å². The summed E-state index contributed by atoms with van der Waals surface area (Å²) < 4.78 is 0. The van der Waals surface area contributed by atoms with E-state index in [1.54, 1.807) is 6.33 Å². The summed E-state index contributed by atoms with van der Waals surface area (Å²) in [6, 6.07) is 0. The Balaban J connectivity index is 3.02. The van der Waals surface area contributed by atoms with Crippen molar-refractivity contribution < 1.29 is 0 Å². The van der Waals surface area contributed by atoms with Crippen LogP contribution in [0, 0.1) is 0 Å². The number of hydrogen-bond acceptors (Lipinski definition) is 2. The average molecular weight is 150 g/mol. The minimum absolute atomic E-state index is 0.533. The van der Waals surface area contributed by atoms with Gasteiger partial charge in [0, 0.05) is 11.9 Å². The molecule has 2 heteroatoms. The van der Waals surface area contributed by atoms with Gasteiger partial charge in [0.05, 0.1) is 0 Å². The van der Waals surface area contributed by atoms with Gasteiger partial charge in [-0.25, -0.2) is 9.97 Å². The molecule has 1 aromatic heterocycles. The lowest BCUT2D eigenvalue weighted by atomic mass is 10.0. The summed E-state index contributed by atoms with van der Waals surface area (Å²) in [5.41, 5.74) is 2.45. The molecule has 0 saturated carbocycles. The van der Waals surface area contributed by atoms with E-state index < -0.39 is 0 Å². The van der Waals surface area contributed by atoms with Crippen LogP contribution in [0.15, 0.2) is 12.5 Å². The zero-order chi connectivity index (χ0) is 8.27. The third-order valence-corrected chi connectivity index (χ3v) is 1.78. The molecule has 2 nitrogen and oxygen atoms in total. The first-order chi connectivity index (χ1) is 5.25. The maximum Gasteiger partial charge on any atom is 0.115 e. The van der Waals surface area contributed by atoms with Crippen molar-refractivity contribution in [1.29, 1.82) is 0 Å². The maximum atomic E-state index is 4.21. The second kappa shape index (κ2) is 3.46. The van der Waals surface area contributed by atoms with Crippen molar-refractivity contribution >= 4 is 0 Å². The molecule has 0 aliphatic rings. The minimum atomic E-state index is 0.533. The molecule has 1 heterocycles. The van der Waals surface area contributed by atoms with E-state index >= 15 is 0 Å². The first kappa shape index (κ1) is 8.18. The molecule has 0 unspecified atom stereocenters. The molecule has 11 heavy (non-hydrogen) atoms. The normalized spacial score (nSPS) is 10.5. The van der Waals surface area contributed by atoms with Gasteiger partial charge in [-0.1, -0.05) is 20.8 Å². The molecule has 0 amide bonds. The number of hydrogen-bond donors (Lipinski definition) is 0. The van der Waals surface area contributed by atoms with E-state index in [4.69, 9.17) is 0 Å². The molecule has 0 saturated heterocycles. The molecule has 0 aromatic carbocycles. The second-order valence-electron chi connectivity index (χ2n) is 2.93. The molecular weight excluding hydrogens is 136 g/mol. The van der Waals surface area contributed by atoms with Gasteiger partial charge < -0.3 is 0 Å². The van der Waals surface area contributed by atoms with Crippen molar-refractivity contribution in [1.82, 2.24) is 9.97 Å². The van der Waals surface area contributed by atoms with Crippen molar-refractivity contribution in [3.8, 4) is 0 Å². The maximum absolute atomic E-state index is 4.21. The molecule has 0 atom stereocenters. The van der Waals surface area contributed by atoms with Gasteiger partial charge in [0.15, 0.2) is 0 Å². The lowest BCUT2D eigenvalue weighted by Crippen LogP contribution is -1.98. The monoisotopic (exact) mass is 150 g/mol. The smallest absolute Gasteiger partial charge is 0.115 e. The van der Waals surface area contributed by atoms with Crippen molar-refractivity contribution in [3.05, 3.63) is 23.8 Å². The molecule has 1 rings (SSSR count). The predicted octanol–water partition coefficient (Wildman–Crippen LogP) is 2.16. The van der Waals surface area contributed by atoms with E-state index in [-0.39, 0.29) is 0 Å². The van der Waals surface area contributed by atoms with Crippen molar-refractivity contribution in [3.63, 3.8) is 0 Å². The zero-order valence-electron chi connectivity index (χ0n) is 7.33. The number of aryl methyl sites for hydroxylation is 1. The summed E-state index contributed by atoms with van der Waals surface area (Å²) in [4.78, 5) is 8.21. The fraction of sp³-hybridized carbons (Fsp3) is 0.556. The summed E-state index contributed by atoms with van der Waals surface area (Å²) in [5.74, 6) is 0.533. The van der Waals surface area contributed by atoms with Gasteiger partial charge in [-0.05, 0) is 17.9 Å². The van der Waals surface area contributed by atoms with Gasteiger partial charge >= 0.3 is 0 Å². The summed E-state index contributed by atoms with van der Waals surface area (Å²) in [5, 5.41) is 0. The van der Waals surface area contributed by atoms with Crippen LogP contribution < -0.4 is 0 Å². The van der Waals surface area contributed by atoms with Crippen LogP contribution in [0.2, 0.25) is 0 Å². The number of aromatic nitrogens is 2. The Labute approximate surface area is 67.7 Å². The van der Waals surface area contributed by atoms with E-state index in [0.717, 1.165) is 6.42 Å². The Morgan fingerprint density at radius 3 is 2.64 bits per heavy atom. The number of rotatable bonds is 2. The minimum Gasteiger partial charge on any atom is -0.245 e. The first-order valence-corrected chi connectivity index (χ1v) is 4.04. The molecule has 0 aliphatic heterocycles. The molecule has 0 fully saturated rings. The van der Waals surface area contributed by atoms with Crippen LogP contribution in [0.25, 0.3) is 0 Å². The average Bonchev–Trinajstić information content (AvgIpc) is 2.04. The lowest BCUT2D eigenvalue weighted by Gasteiger charge is -2.07. The van der Waals surface area contributed by atoms with Crippen LogP contribution in [0.3, 0.4) is 0 Å². The Bertz CT molecular complexity index is 231. The summed E-state index contributed by atoms with van der Waals surface area (Å²) in [6.45, 7) is 6.45. The van der Waals surface area contributed by atoms with Crippen LogP contribution in [0.4, 0.5) is 0 Å². The molecule has 60 valence electrons. The van der Waals surface area contributed by atoms with Gasteiger partial charge in [-0.15, -0.1) is 0 Å². The Morgan fingerprint density at radius 2 is 2.18 bits per heavy atom. The van der Waals surface area contributed by atoms with Crippen molar-refractivity contribution in [2.24, 2.45) is 0 Å². The SMILES string of the molecule is CCc1ncncc1C(C)C. The Hall–Kier alpha value is -0.920. The summed E-state index contributed by atoms with van der Waals surface area (Å²) in [7, 11) is 0. The first-order valence-electron chi connectivity index (χ1n) is 4.04. The van der Waals surface area contributed by atoms with Crippen LogP contribution >= 0.6 is 0 Å². The molecule has 0 spiro atoms. The van der Waals surface area contributed by atoms with Gasteiger partial charge in [0.2, 0.25) is 0 Å². The highest BCUT2D eigenvalue weighted by atomic mass is 14.8. The highest BCUT2D eigenvalue weighted by Crippen LogP contribution is 2.15. The topological polar surface area (TPSA) is 25.8 Å². The zero-order valence-corrected chi connectivity index (χ0v) is 7.33. The standard InChI is InChI=1S/C9H14N2/c1-4-9-8(7(2)3)5-10-6-11-9/h5-7H,4H2,1-3H3. The third-order valence-electron chi connectivity index (χ3n) is 1.78. The second-order valence-corrected chi connectivity index (χ2v) is 2.93. The highest BCUT2D eigenvalue weighted by Gasteiger charge is 2.04. The van der Waals surface area contributed by atoms with E-state index in [1.807, 2.05) is 6.20 Å². The van der Waals surface area contributed by atoms with Gasteiger partial charge in [0.25, 0.3) is 0 Å². The third kappa shape index (κ3) is 1.76. The molecule has 0 aliphatic carbocycles. The lowest BCUT2D eigenvalue weighted by molar-refractivity contribution is 0.809. The van der Waals surface area contributed by atoms with E-state index in [0.29, 0.717) is 5.92 Å². The largest absolute Gasteiger partial charge is 0.245 e.